The highest BCUT2D eigenvalue weighted by molar-refractivity contribution is 7.90. The number of aromatic nitrogens is 2. The lowest BCUT2D eigenvalue weighted by Gasteiger charge is -2.24. The van der Waals surface area contributed by atoms with Crippen molar-refractivity contribution in [1.82, 2.24) is 15.5 Å². The maximum absolute atomic E-state index is 12.8. The molecule has 0 saturated heterocycles. The van der Waals surface area contributed by atoms with Crippen LogP contribution in [0, 0.1) is 5.92 Å². The van der Waals surface area contributed by atoms with Crippen molar-refractivity contribution in [1.29, 1.82) is 0 Å². The molecule has 0 unspecified atom stereocenters. The summed E-state index contributed by atoms with van der Waals surface area (Å²) in [4.78, 5) is 12.2. The molecule has 0 spiro atoms. The van der Waals surface area contributed by atoms with Crippen LogP contribution in [0.4, 0.5) is 4.79 Å². The first kappa shape index (κ1) is 24.4. The summed E-state index contributed by atoms with van der Waals surface area (Å²) in [5.41, 5.74) is -0.451. The zero-order chi connectivity index (χ0) is 22.7. The Morgan fingerprint density at radius 3 is 2.37 bits per heavy atom. The summed E-state index contributed by atoms with van der Waals surface area (Å²) in [5.74, 6) is -0.647. The number of amides is 1. The predicted molar refractivity (Wildman–Crippen MR) is 113 cm³/mol. The maximum Gasteiger partial charge on any atom is 0.408 e. The van der Waals surface area contributed by atoms with Crippen molar-refractivity contribution >= 4 is 39.1 Å². The van der Waals surface area contributed by atoms with E-state index in [2.05, 4.69) is 15.5 Å². The van der Waals surface area contributed by atoms with Gasteiger partial charge in [-0.1, -0.05) is 54.6 Å². The van der Waals surface area contributed by atoms with E-state index >= 15 is 0 Å². The molecule has 0 aliphatic carbocycles. The number of hydrogen-bond acceptors (Lipinski definition) is 7. The Balaban J connectivity index is 2.29. The van der Waals surface area contributed by atoms with Gasteiger partial charge in [-0.15, -0.1) is 5.10 Å². The van der Waals surface area contributed by atoms with Crippen LogP contribution in [0.15, 0.2) is 27.8 Å². The predicted octanol–water partition coefficient (Wildman–Crippen LogP) is 4.96. The van der Waals surface area contributed by atoms with Gasteiger partial charge in [0.1, 0.15) is 11.6 Å². The van der Waals surface area contributed by atoms with E-state index in [1.165, 1.54) is 0 Å². The van der Waals surface area contributed by atoms with Crippen LogP contribution in [0.5, 0.6) is 0 Å². The van der Waals surface area contributed by atoms with Crippen molar-refractivity contribution in [2.45, 2.75) is 63.7 Å². The molecule has 11 heteroatoms. The summed E-state index contributed by atoms with van der Waals surface area (Å²) in [7, 11) is -4.01. The van der Waals surface area contributed by atoms with Crippen LogP contribution in [0.25, 0.3) is 0 Å². The van der Waals surface area contributed by atoms with E-state index in [-0.39, 0.29) is 27.4 Å². The summed E-state index contributed by atoms with van der Waals surface area (Å²) in [6, 6.07) is 3.98. The van der Waals surface area contributed by atoms with Gasteiger partial charge in [0.05, 0.1) is 5.75 Å². The monoisotopic (exact) mass is 477 g/mol. The van der Waals surface area contributed by atoms with Crippen LogP contribution in [-0.2, 0) is 20.3 Å². The van der Waals surface area contributed by atoms with E-state index in [0.717, 1.165) is 0 Å². The summed E-state index contributed by atoms with van der Waals surface area (Å²) >= 11 is 12.1. The first-order chi connectivity index (χ1) is 13.8. The number of carbonyl (C=O) groups is 1. The zero-order valence-corrected chi connectivity index (χ0v) is 19.7. The lowest BCUT2D eigenvalue weighted by atomic mass is 9.99. The third-order valence-electron chi connectivity index (χ3n) is 4.24. The standard InChI is InChI=1S/C19H25Cl2N3O5S/c1-6-11(2)15(22-17(25)29-19(3,4)5)16-23-24-18(28-16)30(26,27)10-12-13(20)8-7-9-14(12)21/h7-9,11,15H,6,10H2,1-5H3,(H,22,25)/t11-,15+/m1/s1. The molecule has 30 heavy (non-hydrogen) atoms. The number of nitrogens with one attached hydrogen (secondary N) is 1. The molecule has 2 aromatic rings. The molecule has 0 bridgehead atoms. The van der Waals surface area contributed by atoms with Gasteiger partial charge in [0.2, 0.25) is 15.7 Å². The van der Waals surface area contributed by atoms with Crippen LogP contribution >= 0.6 is 23.2 Å². The molecule has 1 aromatic heterocycles. The third-order valence-corrected chi connectivity index (χ3v) is 6.31. The molecule has 8 nitrogen and oxygen atoms in total. The zero-order valence-electron chi connectivity index (χ0n) is 17.4. The molecule has 166 valence electrons. The van der Waals surface area contributed by atoms with Gasteiger partial charge >= 0.3 is 11.3 Å². The van der Waals surface area contributed by atoms with Crippen LogP contribution in [-0.4, -0.2) is 30.3 Å². The summed E-state index contributed by atoms with van der Waals surface area (Å²) in [6.45, 7) is 9.00. The van der Waals surface area contributed by atoms with E-state index in [1.807, 2.05) is 13.8 Å². The van der Waals surface area contributed by atoms with Crippen LogP contribution in [0.3, 0.4) is 0 Å². The molecule has 1 N–H and O–H groups in total. The molecule has 2 rings (SSSR count). The molecule has 0 radical (unpaired) electrons. The Hall–Kier alpha value is -1.84. The minimum atomic E-state index is -4.01. The van der Waals surface area contributed by atoms with Crippen molar-refractivity contribution in [2.24, 2.45) is 5.92 Å². The van der Waals surface area contributed by atoms with E-state index < -0.39 is 38.5 Å². The number of alkyl carbamates (subject to hydrolysis) is 1. The number of hydrogen-bond donors (Lipinski definition) is 1. The van der Waals surface area contributed by atoms with Crippen molar-refractivity contribution in [3.05, 3.63) is 39.7 Å². The number of sulfone groups is 1. The summed E-state index contributed by atoms with van der Waals surface area (Å²) < 4.78 is 36.3. The second-order valence-corrected chi connectivity index (χ2v) is 10.6. The number of benzene rings is 1. The van der Waals surface area contributed by atoms with E-state index in [4.69, 9.17) is 32.4 Å². The normalized spacial score (nSPS) is 14.2. The fourth-order valence-corrected chi connectivity index (χ4v) is 4.39. The number of rotatable bonds is 7. The van der Waals surface area contributed by atoms with Gasteiger partial charge in [-0.3, -0.25) is 0 Å². The fourth-order valence-electron chi connectivity index (χ4n) is 2.51. The van der Waals surface area contributed by atoms with Crippen LogP contribution in [0.1, 0.15) is 58.5 Å². The Bertz CT molecular complexity index is 982. The van der Waals surface area contributed by atoms with Gasteiger partial charge in [-0.2, -0.15) is 0 Å². The topological polar surface area (TPSA) is 111 Å². The lowest BCUT2D eigenvalue weighted by molar-refractivity contribution is 0.0473. The average Bonchev–Trinajstić information content (AvgIpc) is 3.11. The molecular weight excluding hydrogens is 453 g/mol. The molecule has 1 aromatic carbocycles. The van der Waals surface area contributed by atoms with Gasteiger partial charge < -0.3 is 14.5 Å². The second kappa shape index (κ2) is 9.53. The molecule has 0 aliphatic rings. The van der Waals surface area contributed by atoms with Gasteiger partial charge in [0, 0.05) is 15.6 Å². The average molecular weight is 478 g/mol. The highest BCUT2D eigenvalue weighted by Crippen LogP contribution is 2.30. The van der Waals surface area contributed by atoms with E-state index in [9.17, 15) is 13.2 Å². The van der Waals surface area contributed by atoms with Crippen molar-refractivity contribution in [2.75, 3.05) is 0 Å². The molecular formula is C19H25Cl2N3O5S. The quantitative estimate of drug-likeness (QED) is 0.599. The smallest absolute Gasteiger partial charge is 0.408 e. The molecule has 0 aliphatic heterocycles. The number of ether oxygens (including phenoxy) is 1. The minimum Gasteiger partial charge on any atom is -0.444 e. The van der Waals surface area contributed by atoms with Gasteiger partial charge in [0.25, 0.3) is 0 Å². The molecule has 1 heterocycles. The Morgan fingerprint density at radius 2 is 1.83 bits per heavy atom. The van der Waals surface area contributed by atoms with Crippen LogP contribution in [0.2, 0.25) is 10.0 Å². The van der Waals surface area contributed by atoms with Gasteiger partial charge in [0.15, 0.2) is 0 Å². The first-order valence-electron chi connectivity index (χ1n) is 9.32. The van der Waals surface area contributed by atoms with Crippen LogP contribution < -0.4 is 5.32 Å². The summed E-state index contributed by atoms with van der Waals surface area (Å²) in [5, 5.41) is 10.1. The summed E-state index contributed by atoms with van der Waals surface area (Å²) in [6.07, 6.45) is -0.00146. The molecule has 1 amide bonds. The number of carbonyl (C=O) groups excluding carboxylic acids is 1. The minimum absolute atomic E-state index is 0.0287. The number of halogens is 2. The largest absolute Gasteiger partial charge is 0.444 e. The number of nitrogens with zero attached hydrogens (tertiary/aromatic N) is 2. The van der Waals surface area contributed by atoms with Crippen molar-refractivity contribution < 1.29 is 22.4 Å². The SMILES string of the molecule is CC[C@@H](C)[C@H](NC(=O)OC(C)(C)C)c1nnc(S(=O)(=O)Cc2c(Cl)cccc2Cl)o1. The second-order valence-electron chi connectivity index (χ2n) is 7.87. The Kier molecular flexibility index (Phi) is 7.76. The fraction of sp³-hybridized carbons (Fsp3) is 0.526. The highest BCUT2D eigenvalue weighted by Gasteiger charge is 2.31. The molecule has 2 atom stereocenters. The van der Waals surface area contributed by atoms with E-state index in [1.54, 1.807) is 39.0 Å². The van der Waals surface area contributed by atoms with E-state index in [0.29, 0.717) is 6.42 Å². The van der Waals surface area contributed by atoms with Gasteiger partial charge in [-0.25, -0.2) is 13.2 Å². The highest BCUT2D eigenvalue weighted by atomic mass is 35.5. The van der Waals surface area contributed by atoms with Crippen molar-refractivity contribution in [3.8, 4) is 0 Å². The lowest BCUT2D eigenvalue weighted by Crippen LogP contribution is -2.37. The Labute approximate surface area is 186 Å². The maximum atomic E-state index is 12.8. The first-order valence-corrected chi connectivity index (χ1v) is 11.7. The third kappa shape index (κ3) is 6.33. The Morgan fingerprint density at radius 1 is 1.23 bits per heavy atom. The molecule has 0 saturated carbocycles. The van der Waals surface area contributed by atoms with Crippen molar-refractivity contribution in [3.63, 3.8) is 0 Å². The molecule has 0 fully saturated rings. The van der Waals surface area contributed by atoms with Gasteiger partial charge in [-0.05, 0) is 38.8 Å².